The smallest absolute Gasteiger partial charge is 0.334 e. The number of rotatable bonds is 0. The van der Waals surface area contributed by atoms with E-state index in [2.05, 4.69) is 20.4 Å². The summed E-state index contributed by atoms with van der Waals surface area (Å²) in [6, 6.07) is 0. The molecule has 1 aliphatic heterocycles. The lowest BCUT2D eigenvalue weighted by Crippen LogP contribution is -2.37. The van der Waals surface area contributed by atoms with Gasteiger partial charge in [-0.15, -0.1) is 0 Å². The van der Waals surface area contributed by atoms with Gasteiger partial charge in [0.2, 0.25) is 0 Å². The molecule has 0 amide bonds. The molecule has 3 aliphatic rings. The van der Waals surface area contributed by atoms with E-state index in [1.54, 1.807) is 11.1 Å². The monoisotopic (exact) mass is 232 g/mol. The summed E-state index contributed by atoms with van der Waals surface area (Å²) in [5.41, 5.74) is 4.10. The Bertz CT molecular complexity index is 432. The molecular formula is C15H20O2. The molecule has 0 radical (unpaired) electrons. The van der Waals surface area contributed by atoms with E-state index in [-0.39, 0.29) is 23.4 Å². The van der Waals surface area contributed by atoms with Crippen LogP contribution in [0.15, 0.2) is 23.3 Å². The molecule has 2 fully saturated rings. The first kappa shape index (κ1) is 11.1. The van der Waals surface area contributed by atoms with Crippen molar-refractivity contribution in [2.75, 3.05) is 0 Å². The molecule has 0 bridgehead atoms. The summed E-state index contributed by atoms with van der Waals surface area (Å²) in [5.74, 6) is 0.0825. The molecule has 3 atom stereocenters. The second kappa shape index (κ2) is 3.47. The molecule has 0 spiro atoms. The van der Waals surface area contributed by atoms with Crippen LogP contribution >= 0.6 is 0 Å². The van der Waals surface area contributed by atoms with Gasteiger partial charge in [0.15, 0.2) is 0 Å². The Morgan fingerprint density at radius 2 is 2.24 bits per heavy atom. The maximum Gasteiger partial charge on any atom is 0.334 e. The zero-order valence-electron chi connectivity index (χ0n) is 10.7. The lowest BCUT2D eigenvalue weighted by Gasteiger charge is -2.45. The van der Waals surface area contributed by atoms with Gasteiger partial charge in [0.1, 0.15) is 6.10 Å². The van der Waals surface area contributed by atoms with E-state index in [9.17, 15) is 4.79 Å². The zero-order valence-corrected chi connectivity index (χ0v) is 10.7. The Balaban J connectivity index is 1.98. The van der Waals surface area contributed by atoms with Crippen molar-refractivity contribution in [1.29, 1.82) is 0 Å². The van der Waals surface area contributed by atoms with Crippen LogP contribution in [0.3, 0.4) is 0 Å². The number of allylic oxidation sites excluding steroid dienone is 2. The molecule has 0 aromatic heterocycles. The molecule has 17 heavy (non-hydrogen) atoms. The average Bonchev–Trinajstić information content (AvgIpc) is 2.52. The van der Waals surface area contributed by atoms with Crippen LogP contribution in [-0.4, -0.2) is 12.1 Å². The summed E-state index contributed by atoms with van der Waals surface area (Å²) >= 11 is 0. The predicted octanol–water partition coefficient (Wildman–Crippen LogP) is 3.38. The molecule has 0 aromatic carbocycles. The van der Waals surface area contributed by atoms with Crippen LogP contribution in [0.1, 0.15) is 46.0 Å². The van der Waals surface area contributed by atoms with E-state index in [1.807, 2.05) is 0 Å². The fourth-order valence-corrected chi connectivity index (χ4v) is 3.98. The van der Waals surface area contributed by atoms with Crippen molar-refractivity contribution < 1.29 is 9.53 Å². The van der Waals surface area contributed by atoms with Crippen LogP contribution in [0.4, 0.5) is 0 Å². The molecule has 1 saturated heterocycles. The normalized spacial score (nSPS) is 41.1. The van der Waals surface area contributed by atoms with Crippen LogP contribution in [0.5, 0.6) is 0 Å². The molecule has 2 nitrogen and oxygen atoms in total. The van der Waals surface area contributed by atoms with Crippen LogP contribution in [0.25, 0.3) is 0 Å². The Labute approximate surface area is 103 Å². The van der Waals surface area contributed by atoms with Crippen LogP contribution in [-0.2, 0) is 9.53 Å². The topological polar surface area (TPSA) is 26.3 Å². The van der Waals surface area contributed by atoms with Gasteiger partial charge < -0.3 is 4.74 Å². The number of esters is 1. The Hall–Kier alpha value is -1.05. The fraction of sp³-hybridized carbons (Fsp3) is 0.667. The molecule has 3 rings (SSSR count). The molecule has 2 aliphatic carbocycles. The number of carbonyl (C=O) groups excluding carboxylic acids is 1. The van der Waals surface area contributed by atoms with Crippen molar-refractivity contribution >= 4 is 5.97 Å². The highest BCUT2D eigenvalue weighted by molar-refractivity contribution is 5.91. The molecule has 1 heterocycles. The minimum absolute atomic E-state index is 0.0923. The molecule has 0 aromatic rings. The van der Waals surface area contributed by atoms with Gasteiger partial charge in [-0.2, -0.15) is 0 Å². The highest BCUT2D eigenvalue weighted by Crippen LogP contribution is 2.54. The maximum absolute atomic E-state index is 11.6. The first-order chi connectivity index (χ1) is 8.01. The van der Waals surface area contributed by atoms with Crippen molar-refractivity contribution in [1.82, 2.24) is 0 Å². The van der Waals surface area contributed by atoms with Crippen LogP contribution in [0, 0.1) is 11.3 Å². The fourth-order valence-electron chi connectivity index (χ4n) is 3.98. The van der Waals surface area contributed by atoms with Gasteiger partial charge in [0.05, 0.1) is 0 Å². The minimum Gasteiger partial charge on any atom is -0.458 e. The summed E-state index contributed by atoms with van der Waals surface area (Å²) in [6.45, 7) is 8.51. The third kappa shape index (κ3) is 1.50. The summed E-state index contributed by atoms with van der Waals surface area (Å²) < 4.78 is 5.47. The molecular weight excluding hydrogens is 212 g/mol. The van der Waals surface area contributed by atoms with Gasteiger partial charge in [-0.1, -0.05) is 24.6 Å². The number of hydrogen-bond acceptors (Lipinski definition) is 2. The molecule has 92 valence electrons. The van der Waals surface area contributed by atoms with Gasteiger partial charge in [0, 0.05) is 11.5 Å². The SMILES string of the molecule is C=C1C(=O)O[C@@H]2C[C@@]3(C)CCCC(C)=C3C[C@H]12. The maximum atomic E-state index is 11.6. The van der Waals surface area contributed by atoms with Crippen molar-refractivity contribution in [3.05, 3.63) is 23.3 Å². The van der Waals surface area contributed by atoms with Gasteiger partial charge in [-0.05, 0) is 44.4 Å². The van der Waals surface area contributed by atoms with E-state index in [0.717, 1.165) is 12.8 Å². The van der Waals surface area contributed by atoms with E-state index in [1.165, 1.54) is 19.3 Å². The average molecular weight is 232 g/mol. The lowest BCUT2D eigenvalue weighted by molar-refractivity contribution is -0.140. The Morgan fingerprint density at radius 1 is 1.47 bits per heavy atom. The first-order valence-corrected chi connectivity index (χ1v) is 6.60. The third-order valence-corrected chi connectivity index (χ3v) is 5.02. The number of carbonyl (C=O) groups is 1. The van der Waals surface area contributed by atoms with E-state index in [0.29, 0.717) is 5.57 Å². The summed E-state index contributed by atoms with van der Waals surface area (Å²) in [5, 5.41) is 0. The van der Waals surface area contributed by atoms with Crippen molar-refractivity contribution in [3.63, 3.8) is 0 Å². The van der Waals surface area contributed by atoms with Gasteiger partial charge in [-0.3, -0.25) is 0 Å². The van der Waals surface area contributed by atoms with Gasteiger partial charge in [0.25, 0.3) is 0 Å². The van der Waals surface area contributed by atoms with Gasteiger partial charge in [-0.25, -0.2) is 4.79 Å². The minimum atomic E-state index is -0.166. The van der Waals surface area contributed by atoms with Gasteiger partial charge >= 0.3 is 5.97 Å². The summed E-state index contributed by atoms with van der Waals surface area (Å²) in [6.07, 6.45) is 5.83. The number of hydrogen-bond donors (Lipinski definition) is 0. The number of ether oxygens (including phenoxy) is 1. The first-order valence-electron chi connectivity index (χ1n) is 6.60. The second-order valence-electron chi connectivity index (χ2n) is 6.16. The quantitative estimate of drug-likeness (QED) is 0.363. The van der Waals surface area contributed by atoms with E-state index in [4.69, 9.17) is 4.74 Å². The largest absolute Gasteiger partial charge is 0.458 e. The molecule has 2 heteroatoms. The third-order valence-electron chi connectivity index (χ3n) is 5.02. The van der Waals surface area contributed by atoms with E-state index < -0.39 is 0 Å². The van der Waals surface area contributed by atoms with Crippen molar-refractivity contribution in [2.45, 2.75) is 52.1 Å². The number of fused-ring (bicyclic) bond motifs is 2. The highest BCUT2D eigenvalue weighted by Gasteiger charge is 2.49. The standard InChI is InChI=1S/C15H20O2/c1-9-5-4-6-15(3)8-13-11(7-12(9)15)10(2)14(16)17-13/h11,13H,2,4-8H2,1,3H3/t11-,13-,15-/m1/s1. The molecule has 0 unspecified atom stereocenters. The van der Waals surface area contributed by atoms with Crippen LogP contribution < -0.4 is 0 Å². The van der Waals surface area contributed by atoms with Crippen molar-refractivity contribution in [3.8, 4) is 0 Å². The van der Waals surface area contributed by atoms with Crippen LogP contribution in [0.2, 0.25) is 0 Å². The van der Waals surface area contributed by atoms with Crippen molar-refractivity contribution in [2.24, 2.45) is 11.3 Å². The summed E-state index contributed by atoms with van der Waals surface area (Å²) in [4.78, 5) is 11.6. The second-order valence-corrected chi connectivity index (χ2v) is 6.16. The highest BCUT2D eigenvalue weighted by atomic mass is 16.6. The Kier molecular flexibility index (Phi) is 2.26. The zero-order chi connectivity index (χ0) is 12.2. The molecule has 0 N–H and O–H groups in total. The molecule has 1 saturated carbocycles. The predicted molar refractivity (Wildman–Crippen MR) is 66.4 cm³/mol. The lowest BCUT2D eigenvalue weighted by atomic mass is 9.60. The Morgan fingerprint density at radius 3 is 3.00 bits per heavy atom. The summed E-state index contributed by atoms with van der Waals surface area (Å²) in [7, 11) is 0. The van der Waals surface area contributed by atoms with E-state index >= 15 is 0 Å².